The first-order valence-corrected chi connectivity index (χ1v) is 6.50. The Bertz CT molecular complexity index is 340. The minimum Gasteiger partial charge on any atom is -0.328 e. The molecule has 0 aromatic heterocycles. The predicted molar refractivity (Wildman–Crippen MR) is 67.5 cm³/mol. The van der Waals surface area contributed by atoms with E-state index in [0.29, 0.717) is 0 Å². The van der Waals surface area contributed by atoms with Crippen LogP contribution in [-0.2, 0) is 6.54 Å². The zero-order chi connectivity index (χ0) is 11.5. The summed E-state index contributed by atoms with van der Waals surface area (Å²) in [7, 11) is 2.25. The number of nitrogens with one attached hydrogen (secondary N) is 2. The molecule has 1 heterocycles. The Labute approximate surface area is 107 Å². The first kappa shape index (κ1) is 12.2. The van der Waals surface area contributed by atoms with Gasteiger partial charge in [0.05, 0.1) is 17.1 Å². The van der Waals surface area contributed by atoms with Crippen LogP contribution in [-0.4, -0.2) is 33.2 Å². The molecule has 1 fully saturated rings. The van der Waals surface area contributed by atoms with Gasteiger partial charge in [0.15, 0.2) is 0 Å². The number of rotatable bonds is 2. The van der Waals surface area contributed by atoms with Crippen molar-refractivity contribution >= 4 is 23.2 Å². The van der Waals surface area contributed by atoms with E-state index in [-0.39, 0.29) is 0 Å². The van der Waals surface area contributed by atoms with Gasteiger partial charge in [-0.2, -0.15) is 0 Å². The van der Waals surface area contributed by atoms with E-state index in [1.165, 1.54) is 26.2 Å². The lowest BCUT2D eigenvalue weighted by Crippen LogP contribution is -3.26. The molecule has 0 aliphatic carbocycles. The molecule has 0 amide bonds. The smallest absolute Gasteiger partial charge is 0.127 e. The number of hydrogen-bond donors (Lipinski definition) is 2. The van der Waals surface area contributed by atoms with Crippen LogP contribution in [0.4, 0.5) is 0 Å². The van der Waals surface area contributed by atoms with Gasteiger partial charge in [-0.3, -0.25) is 0 Å². The van der Waals surface area contributed by atoms with Gasteiger partial charge in [-0.25, -0.2) is 0 Å². The van der Waals surface area contributed by atoms with Gasteiger partial charge >= 0.3 is 0 Å². The van der Waals surface area contributed by atoms with Crippen molar-refractivity contribution in [1.29, 1.82) is 0 Å². The molecule has 2 rings (SSSR count). The molecule has 0 spiro atoms. The molecule has 1 saturated heterocycles. The molecular weight excluding hydrogens is 243 g/mol. The molecule has 1 aliphatic heterocycles. The molecule has 0 bridgehead atoms. The zero-order valence-corrected chi connectivity index (χ0v) is 11.0. The minimum atomic E-state index is 0.797. The van der Waals surface area contributed by atoms with Crippen molar-refractivity contribution in [1.82, 2.24) is 0 Å². The fourth-order valence-corrected chi connectivity index (χ4v) is 2.69. The third-order valence-corrected chi connectivity index (χ3v) is 4.01. The molecule has 16 heavy (non-hydrogen) atoms. The number of likely N-dealkylation sites (N-methyl/N-ethyl adjacent to an activating group) is 1. The van der Waals surface area contributed by atoms with Gasteiger partial charge in [0.2, 0.25) is 0 Å². The molecule has 0 saturated carbocycles. The van der Waals surface area contributed by atoms with Gasteiger partial charge in [0.1, 0.15) is 32.7 Å². The van der Waals surface area contributed by atoms with Crippen molar-refractivity contribution in [3.8, 4) is 0 Å². The van der Waals surface area contributed by atoms with Crippen molar-refractivity contribution in [3.63, 3.8) is 0 Å². The Kier molecular flexibility index (Phi) is 4.09. The normalized spacial score (nSPS) is 25.7. The van der Waals surface area contributed by atoms with E-state index in [2.05, 4.69) is 7.05 Å². The molecule has 0 radical (unpaired) electrons. The number of hydrogen-bond acceptors (Lipinski definition) is 0. The summed E-state index contributed by atoms with van der Waals surface area (Å²) < 4.78 is 0. The molecule has 2 nitrogen and oxygen atoms in total. The molecule has 88 valence electrons. The first-order valence-electron chi connectivity index (χ1n) is 5.74. The van der Waals surface area contributed by atoms with Crippen LogP contribution in [0.25, 0.3) is 0 Å². The van der Waals surface area contributed by atoms with Gasteiger partial charge in [-0.05, 0) is 12.1 Å². The number of quaternary nitrogens is 2. The number of piperazine rings is 1. The highest BCUT2D eigenvalue weighted by Crippen LogP contribution is 2.23. The highest BCUT2D eigenvalue weighted by Gasteiger charge is 2.21. The van der Waals surface area contributed by atoms with Crippen LogP contribution >= 0.6 is 23.2 Å². The zero-order valence-electron chi connectivity index (χ0n) is 9.52. The quantitative estimate of drug-likeness (QED) is 0.736. The molecule has 4 heteroatoms. The number of halogens is 2. The maximum atomic E-state index is 6.17. The third-order valence-electron chi connectivity index (χ3n) is 3.30. The highest BCUT2D eigenvalue weighted by molar-refractivity contribution is 6.35. The largest absolute Gasteiger partial charge is 0.328 e. The average Bonchev–Trinajstić information content (AvgIpc) is 2.26. The lowest BCUT2D eigenvalue weighted by atomic mass is 10.2. The number of benzene rings is 1. The van der Waals surface area contributed by atoms with Gasteiger partial charge in [-0.15, -0.1) is 0 Å². The van der Waals surface area contributed by atoms with Gasteiger partial charge in [0.25, 0.3) is 0 Å². The highest BCUT2D eigenvalue weighted by atomic mass is 35.5. The van der Waals surface area contributed by atoms with E-state index in [1.807, 2.05) is 18.2 Å². The summed E-state index contributed by atoms with van der Waals surface area (Å²) in [6.07, 6.45) is 0. The average molecular weight is 261 g/mol. The molecule has 2 N–H and O–H groups in total. The molecule has 0 atom stereocenters. The molecule has 1 aromatic rings. The summed E-state index contributed by atoms with van der Waals surface area (Å²) in [6.45, 7) is 5.82. The van der Waals surface area contributed by atoms with E-state index >= 15 is 0 Å². The minimum absolute atomic E-state index is 0.797. The lowest BCUT2D eigenvalue weighted by Gasteiger charge is -2.27. The Morgan fingerprint density at radius 3 is 2.19 bits per heavy atom. The van der Waals surface area contributed by atoms with Crippen molar-refractivity contribution in [2.24, 2.45) is 0 Å². The summed E-state index contributed by atoms with van der Waals surface area (Å²) in [6, 6.07) is 5.74. The van der Waals surface area contributed by atoms with Crippen LogP contribution < -0.4 is 9.80 Å². The fraction of sp³-hybridized carbons (Fsp3) is 0.500. The van der Waals surface area contributed by atoms with Crippen LogP contribution in [0.5, 0.6) is 0 Å². The SMILES string of the molecule is C[NH+]1CC[NH+](Cc2c(Cl)cccc2Cl)CC1. The third kappa shape index (κ3) is 2.89. The Morgan fingerprint density at radius 1 is 1.06 bits per heavy atom. The molecular formula is C12H18Cl2N2+2. The van der Waals surface area contributed by atoms with Gasteiger partial charge < -0.3 is 9.80 Å². The summed E-state index contributed by atoms with van der Waals surface area (Å²) in [5, 5.41) is 1.59. The van der Waals surface area contributed by atoms with E-state index in [0.717, 1.165) is 22.2 Å². The van der Waals surface area contributed by atoms with Crippen LogP contribution in [0.2, 0.25) is 10.0 Å². The van der Waals surface area contributed by atoms with Crippen LogP contribution in [0.1, 0.15) is 5.56 Å². The second kappa shape index (κ2) is 5.37. The van der Waals surface area contributed by atoms with Gasteiger partial charge in [-0.1, -0.05) is 29.3 Å². The summed E-state index contributed by atoms with van der Waals surface area (Å²) in [5.74, 6) is 0. The van der Waals surface area contributed by atoms with Crippen LogP contribution in [0.3, 0.4) is 0 Å². The molecule has 0 unspecified atom stereocenters. The van der Waals surface area contributed by atoms with Crippen molar-refractivity contribution < 1.29 is 9.80 Å². The van der Waals surface area contributed by atoms with Crippen LogP contribution in [0, 0.1) is 0 Å². The van der Waals surface area contributed by atoms with E-state index < -0.39 is 0 Å². The second-order valence-corrected chi connectivity index (χ2v) is 5.40. The first-order chi connectivity index (χ1) is 7.66. The fourth-order valence-electron chi connectivity index (χ4n) is 2.16. The van der Waals surface area contributed by atoms with E-state index in [9.17, 15) is 0 Å². The Morgan fingerprint density at radius 2 is 1.62 bits per heavy atom. The monoisotopic (exact) mass is 260 g/mol. The van der Waals surface area contributed by atoms with Crippen molar-refractivity contribution in [2.45, 2.75) is 6.54 Å². The van der Waals surface area contributed by atoms with E-state index in [1.54, 1.807) is 9.80 Å². The van der Waals surface area contributed by atoms with Crippen LogP contribution in [0.15, 0.2) is 18.2 Å². The lowest BCUT2D eigenvalue weighted by molar-refractivity contribution is -1.01. The van der Waals surface area contributed by atoms with Crippen molar-refractivity contribution in [2.75, 3.05) is 33.2 Å². The maximum Gasteiger partial charge on any atom is 0.127 e. The Balaban J connectivity index is 2.04. The molecule has 1 aromatic carbocycles. The van der Waals surface area contributed by atoms with E-state index in [4.69, 9.17) is 23.2 Å². The standard InChI is InChI=1S/C12H16Cl2N2/c1-15-5-7-16(8-6-15)9-10-11(13)3-2-4-12(10)14/h2-4H,5-9H2,1H3/p+2. The van der Waals surface area contributed by atoms with Gasteiger partial charge in [0, 0.05) is 5.56 Å². The second-order valence-electron chi connectivity index (χ2n) is 4.58. The topological polar surface area (TPSA) is 8.88 Å². The maximum absolute atomic E-state index is 6.17. The molecule has 1 aliphatic rings. The summed E-state index contributed by atoms with van der Waals surface area (Å²) >= 11 is 12.3. The van der Waals surface area contributed by atoms with Crippen molar-refractivity contribution in [3.05, 3.63) is 33.8 Å². The summed E-state index contributed by atoms with van der Waals surface area (Å²) in [5.41, 5.74) is 1.10. The predicted octanol–water partition coefficient (Wildman–Crippen LogP) is -0.0934. The Hall–Kier alpha value is -0.280. The summed E-state index contributed by atoms with van der Waals surface area (Å²) in [4.78, 5) is 3.20.